The van der Waals surface area contributed by atoms with Gasteiger partial charge in [-0.3, -0.25) is 9.20 Å². The summed E-state index contributed by atoms with van der Waals surface area (Å²) >= 11 is 0. The summed E-state index contributed by atoms with van der Waals surface area (Å²) in [4.78, 5) is 19.9. The van der Waals surface area contributed by atoms with Crippen LogP contribution in [0.4, 0.5) is 5.69 Å². The number of carbonyl (C=O) groups is 1. The number of nitrogens with zero attached hydrogens (tertiary/aromatic N) is 3. The Balaban J connectivity index is 1.94. The predicted octanol–water partition coefficient (Wildman–Crippen LogP) is 3.65. The number of pyridine rings is 2. The minimum atomic E-state index is 0.538. The first-order chi connectivity index (χ1) is 13.7. The van der Waals surface area contributed by atoms with E-state index in [4.69, 9.17) is 9.47 Å². The van der Waals surface area contributed by atoms with Gasteiger partial charge in [0.15, 0.2) is 5.65 Å². The van der Waals surface area contributed by atoms with E-state index >= 15 is 0 Å². The number of ether oxygens (including phenoxy) is 2. The summed E-state index contributed by atoms with van der Waals surface area (Å²) < 4.78 is 12.6. The van der Waals surface area contributed by atoms with Crippen LogP contribution in [0.15, 0.2) is 61.1 Å². The van der Waals surface area contributed by atoms with Crippen LogP contribution in [-0.4, -0.2) is 35.0 Å². The number of hydrogen-bond donors (Lipinski definition) is 1. The molecular weight excluding hydrogens is 356 g/mol. The van der Waals surface area contributed by atoms with E-state index in [1.807, 2.05) is 47.0 Å². The smallest absolute Gasteiger partial charge is 0.212 e. The molecule has 0 saturated carbocycles. The number of imidazole rings is 1. The number of fused-ring (bicyclic) bond motifs is 1. The van der Waals surface area contributed by atoms with Crippen LogP contribution in [0.3, 0.4) is 0 Å². The van der Waals surface area contributed by atoms with Gasteiger partial charge in [0.2, 0.25) is 12.3 Å². The third kappa shape index (κ3) is 3.03. The number of hydrogen-bond acceptors (Lipinski definition) is 5. The fourth-order valence-corrected chi connectivity index (χ4v) is 3.15. The lowest BCUT2D eigenvalue weighted by molar-refractivity contribution is -0.105. The summed E-state index contributed by atoms with van der Waals surface area (Å²) in [6.45, 7) is 0. The van der Waals surface area contributed by atoms with Gasteiger partial charge < -0.3 is 14.8 Å². The molecule has 3 heterocycles. The minimum absolute atomic E-state index is 0.538. The van der Waals surface area contributed by atoms with Crippen LogP contribution >= 0.6 is 0 Å². The molecule has 1 N–H and O–H groups in total. The molecule has 0 radical (unpaired) electrons. The summed E-state index contributed by atoms with van der Waals surface area (Å²) in [7, 11) is 3.21. The summed E-state index contributed by atoms with van der Waals surface area (Å²) in [5.74, 6) is 1.28. The number of anilines is 1. The first-order valence-electron chi connectivity index (χ1n) is 8.60. The standard InChI is InChI=1S/C21H18N4O3/c1-27-19-6-4-3-5-16(19)15-9-17(24-13-26)21-23-11-18(25(21)12-15)14-7-8-20(28-2)22-10-14/h3-13H,1-2H3,(H,24,26). The van der Waals surface area contributed by atoms with E-state index in [1.165, 1.54) is 0 Å². The van der Waals surface area contributed by atoms with Crippen molar-refractivity contribution in [3.63, 3.8) is 0 Å². The molecule has 140 valence electrons. The zero-order valence-electron chi connectivity index (χ0n) is 15.4. The number of benzene rings is 1. The highest BCUT2D eigenvalue weighted by atomic mass is 16.5. The van der Waals surface area contributed by atoms with Gasteiger partial charge in [-0.2, -0.15) is 0 Å². The van der Waals surface area contributed by atoms with Crippen LogP contribution in [0.2, 0.25) is 0 Å². The number of carbonyl (C=O) groups excluding carboxylic acids is 1. The molecular formula is C21H18N4O3. The molecule has 28 heavy (non-hydrogen) atoms. The van der Waals surface area contributed by atoms with Gasteiger partial charge in [0.05, 0.1) is 31.8 Å². The highest BCUT2D eigenvalue weighted by molar-refractivity contribution is 5.86. The summed E-state index contributed by atoms with van der Waals surface area (Å²) in [5, 5.41) is 2.74. The van der Waals surface area contributed by atoms with E-state index in [0.717, 1.165) is 28.1 Å². The third-order valence-corrected chi connectivity index (χ3v) is 4.48. The van der Waals surface area contributed by atoms with Crippen molar-refractivity contribution in [2.45, 2.75) is 0 Å². The Morgan fingerprint density at radius 1 is 1.00 bits per heavy atom. The van der Waals surface area contributed by atoms with Crippen molar-refractivity contribution in [3.8, 4) is 34.0 Å². The Hall–Kier alpha value is -3.87. The quantitative estimate of drug-likeness (QED) is 0.521. The molecule has 0 aliphatic rings. The molecule has 0 fully saturated rings. The van der Waals surface area contributed by atoms with Crippen molar-refractivity contribution in [1.29, 1.82) is 0 Å². The fraction of sp³-hybridized carbons (Fsp3) is 0.0952. The van der Waals surface area contributed by atoms with Crippen LogP contribution in [-0.2, 0) is 4.79 Å². The molecule has 0 saturated heterocycles. The molecule has 4 aromatic rings. The first kappa shape index (κ1) is 17.5. The minimum Gasteiger partial charge on any atom is -0.496 e. The molecule has 7 nitrogen and oxygen atoms in total. The maximum Gasteiger partial charge on any atom is 0.212 e. The summed E-state index contributed by atoms with van der Waals surface area (Å²) in [6.07, 6.45) is 6.09. The predicted molar refractivity (Wildman–Crippen MR) is 107 cm³/mol. The van der Waals surface area contributed by atoms with Gasteiger partial charge in [0.1, 0.15) is 5.75 Å². The second kappa shape index (κ2) is 7.40. The monoisotopic (exact) mass is 374 g/mol. The second-order valence-electron chi connectivity index (χ2n) is 6.03. The van der Waals surface area contributed by atoms with Crippen molar-refractivity contribution in [3.05, 3.63) is 61.1 Å². The lowest BCUT2D eigenvalue weighted by atomic mass is 10.1. The van der Waals surface area contributed by atoms with E-state index in [2.05, 4.69) is 15.3 Å². The van der Waals surface area contributed by atoms with Crippen LogP contribution in [0.5, 0.6) is 11.6 Å². The van der Waals surface area contributed by atoms with Gasteiger partial charge in [0.25, 0.3) is 0 Å². The molecule has 4 rings (SSSR count). The van der Waals surface area contributed by atoms with Crippen molar-refractivity contribution < 1.29 is 14.3 Å². The number of methoxy groups -OCH3 is 2. The van der Waals surface area contributed by atoms with E-state index in [9.17, 15) is 4.79 Å². The lowest BCUT2D eigenvalue weighted by Crippen LogP contribution is -2.00. The van der Waals surface area contributed by atoms with E-state index in [1.54, 1.807) is 32.7 Å². The van der Waals surface area contributed by atoms with Crippen LogP contribution in [0.25, 0.3) is 28.0 Å². The van der Waals surface area contributed by atoms with Gasteiger partial charge in [-0.1, -0.05) is 18.2 Å². The van der Waals surface area contributed by atoms with Crippen LogP contribution < -0.4 is 14.8 Å². The van der Waals surface area contributed by atoms with Gasteiger partial charge in [-0.05, 0) is 18.2 Å². The van der Waals surface area contributed by atoms with E-state index < -0.39 is 0 Å². The third-order valence-electron chi connectivity index (χ3n) is 4.48. The normalized spacial score (nSPS) is 10.6. The zero-order chi connectivity index (χ0) is 19.5. The molecule has 0 spiro atoms. The Labute approximate surface area is 161 Å². The number of para-hydroxylation sites is 1. The van der Waals surface area contributed by atoms with Gasteiger partial charge >= 0.3 is 0 Å². The maximum absolute atomic E-state index is 11.1. The van der Waals surface area contributed by atoms with Gasteiger partial charge in [-0.15, -0.1) is 0 Å². The number of amides is 1. The maximum atomic E-state index is 11.1. The van der Waals surface area contributed by atoms with Crippen LogP contribution in [0.1, 0.15) is 0 Å². The molecule has 0 aliphatic carbocycles. The molecule has 0 bridgehead atoms. The number of aromatic nitrogens is 3. The molecule has 1 aromatic carbocycles. The van der Waals surface area contributed by atoms with Crippen molar-refractivity contribution in [2.75, 3.05) is 19.5 Å². The Kier molecular flexibility index (Phi) is 4.63. The van der Waals surface area contributed by atoms with Crippen molar-refractivity contribution in [1.82, 2.24) is 14.4 Å². The summed E-state index contributed by atoms with van der Waals surface area (Å²) in [5.41, 5.74) is 4.75. The number of rotatable bonds is 6. The molecule has 0 unspecified atom stereocenters. The van der Waals surface area contributed by atoms with Gasteiger partial charge in [-0.25, -0.2) is 9.97 Å². The summed E-state index contributed by atoms with van der Waals surface area (Å²) in [6, 6.07) is 13.3. The zero-order valence-corrected chi connectivity index (χ0v) is 15.4. The first-order valence-corrected chi connectivity index (χ1v) is 8.60. The number of nitrogens with one attached hydrogen (secondary N) is 1. The molecule has 1 amide bonds. The van der Waals surface area contributed by atoms with Crippen molar-refractivity contribution in [2.24, 2.45) is 0 Å². The average molecular weight is 374 g/mol. The fourth-order valence-electron chi connectivity index (χ4n) is 3.15. The molecule has 0 aliphatic heterocycles. The highest BCUT2D eigenvalue weighted by Gasteiger charge is 2.14. The molecule has 3 aromatic heterocycles. The topological polar surface area (TPSA) is 77.8 Å². The van der Waals surface area contributed by atoms with E-state index in [0.29, 0.717) is 23.6 Å². The lowest BCUT2D eigenvalue weighted by Gasteiger charge is -2.12. The Morgan fingerprint density at radius 3 is 2.57 bits per heavy atom. The Bertz CT molecular complexity index is 1140. The largest absolute Gasteiger partial charge is 0.496 e. The SMILES string of the molecule is COc1ccc(-c2cnc3c(NC=O)cc(-c4ccccc4OC)cn23)cn1. The van der Waals surface area contributed by atoms with Gasteiger partial charge in [0, 0.05) is 35.2 Å². The Morgan fingerprint density at radius 2 is 1.86 bits per heavy atom. The average Bonchev–Trinajstić information content (AvgIpc) is 3.18. The molecule has 0 atom stereocenters. The van der Waals surface area contributed by atoms with E-state index in [-0.39, 0.29) is 0 Å². The molecule has 7 heteroatoms. The van der Waals surface area contributed by atoms with Crippen molar-refractivity contribution >= 4 is 17.7 Å². The highest BCUT2D eigenvalue weighted by Crippen LogP contribution is 2.34. The second-order valence-corrected chi connectivity index (χ2v) is 6.03. The van der Waals surface area contributed by atoms with Crippen LogP contribution in [0, 0.1) is 0 Å².